The van der Waals surface area contributed by atoms with Gasteiger partial charge >= 0.3 is 0 Å². The predicted molar refractivity (Wildman–Crippen MR) is 145 cm³/mol. The highest BCUT2D eigenvalue weighted by molar-refractivity contribution is 14.1. The highest BCUT2D eigenvalue weighted by Gasteiger charge is 2.36. The normalized spacial score (nSPS) is 14.5. The number of nitrogens with zero attached hydrogens (tertiary/aromatic N) is 1. The molecule has 3 aromatic rings. The van der Waals surface area contributed by atoms with Crippen molar-refractivity contribution in [2.75, 3.05) is 13.7 Å². The summed E-state index contributed by atoms with van der Waals surface area (Å²) in [4.78, 5) is 39.1. The lowest BCUT2D eigenvalue weighted by molar-refractivity contribution is -0.122. The Hall–Kier alpha value is -2.82. The van der Waals surface area contributed by atoms with Gasteiger partial charge in [0.05, 0.1) is 22.1 Å². The first-order valence-corrected chi connectivity index (χ1v) is 12.7. The number of amides is 2. The van der Waals surface area contributed by atoms with Crippen molar-refractivity contribution < 1.29 is 23.9 Å². The van der Waals surface area contributed by atoms with Crippen LogP contribution in [-0.2, 0) is 11.4 Å². The number of Topliss-reactive ketones (excluding diaryl/α,β-unsaturated/α-hetero) is 1. The molecule has 0 spiro atoms. The summed E-state index contributed by atoms with van der Waals surface area (Å²) >= 11 is 8.80. The number of ketones is 1. The average Bonchev–Trinajstić information content (AvgIpc) is 3.11. The Balaban J connectivity index is 1.51. The van der Waals surface area contributed by atoms with Crippen LogP contribution in [0.5, 0.6) is 11.5 Å². The van der Waals surface area contributed by atoms with Gasteiger partial charge in [-0.3, -0.25) is 19.3 Å². The fraction of sp³-hybridized carbons (Fsp3) is 0.115. The molecule has 0 radical (unpaired) electrons. The van der Waals surface area contributed by atoms with Crippen molar-refractivity contribution in [3.05, 3.63) is 96.9 Å². The lowest BCUT2D eigenvalue weighted by Gasteiger charge is -2.14. The van der Waals surface area contributed by atoms with Gasteiger partial charge in [0.1, 0.15) is 6.61 Å². The summed E-state index contributed by atoms with van der Waals surface area (Å²) in [6.45, 7) is 0.0455. The first-order valence-electron chi connectivity index (χ1n) is 10.4. The summed E-state index contributed by atoms with van der Waals surface area (Å²) in [6, 6.07) is 19.7. The van der Waals surface area contributed by atoms with Gasteiger partial charge in [-0.1, -0.05) is 41.9 Å². The third-order valence-corrected chi connectivity index (χ3v) is 7.08. The highest BCUT2D eigenvalue weighted by Crippen LogP contribution is 2.37. The van der Waals surface area contributed by atoms with Gasteiger partial charge in [-0.15, -0.1) is 0 Å². The van der Waals surface area contributed by atoms with E-state index in [9.17, 15) is 14.4 Å². The van der Waals surface area contributed by atoms with Gasteiger partial charge in [-0.05, 0) is 88.0 Å². The molecule has 1 heterocycles. The van der Waals surface area contributed by atoms with Crippen LogP contribution in [0.25, 0.3) is 6.08 Å². The Bertz CT molecular complexity index is 1310. The molecule has 9 heteroatoms. The Kier molecular flexibility index (Phi) is 8.15. The summed E-state index contributed by atoms with van der Waals surface area (Å²) in [6.07, 6.45) is 1.61. The predicted octanol–water partition coefficient (Wildman–Crippen LogP) is 6.45. The van der Waals surface area contributed by atoms with Crippen molar-refractivity contribution in [1.82, 2.24) is 4.90 Å². The number of carbonyl (C=O) groups is 3. The van der Waals surface area contributed by atoms with E-state index < -0.39 is 11.1 Å². The van der Waals surface area contributed by atoms with Crippen LogP contribution in [0, 0.1) is 3.57 Å². The molecule has 1 aliphatic heterocycles. The van der Waals surface area contributed by atoms with Crippen LogP contribution in [0.1, 0.15) is 21.5 Å². The van der Waals surface area contributed by atoms with Gasteiger partial charge in [0.2, 0.25) is 0 Å². The Morgan fingerprint density at radius 2 is 1.80 bits per heavy atom. The summed E-state index contributed by atoms with van der Waals surface area (Å²) in [7, 11) is 1.54. The monoisotopic (exact) mass is 619 g/mol. The molecule has 35 heavy (non-hydrogen) atoms. The van der Waals surface area contributed by atoms with Crippen LogP contribution in [0.3, 0.4) is 0 Å². The molecule has 0 bridgehead atoms. The van der Waals surface area contributed by atoms with E-state index in [-0.39, 0.29) is 17.2 Å². The zero-order valence-corrected chi connectivity index (χ0v) is 22.2. The number of imide groups is 1. The second-order valence-corrected chi connectivity index (χ2v) is 10.1. The smallest absolute Gasteiger partial charge is 0.293 e. The van der Waals surface area contributed by atoms with Crippen molar-refractivity contribution in [3.63, 3.8) is 0 Å². The molecule has 0 saturated carbocycles. The molecule has 6 nitrogen and oxygen atoms in total. The standard InChI is InChI=1S/C26H19ClINO5S/c1-33-22-12-17(11-20(28)24(22)34-15-16-5-3-2-4-6-16)13-23-25(31)29(26(32)35-23)14-21(30)18-7-9-19(27)10-8-18/h2-13H,14-15H2,1H3/b23-13+. The molecule has 1 aliphatic rings. The quantitative estimate of drug-likeness (QED) is 0.164. The summed E-state index contributed by atoms with van der Waals surface area (Å²) in [5.74, 6) is 0.244. The second-order valence-electron chi connectivity index (χ2n) is 7.51. The molecule has 1 saturated heterocycles. The molecule has 4 rings (SSSR count). The minimum Gasteiger partial charge on any atom is -0.493 e. The molecule has 0 aromatic heterocycles. The van der Waals surface area contributed by atoms with E-state index in [1.54, 1.807) is 43.5 Å². The summed E-state index contributed by atoms with van der Waals surface area (Å²) in [5.41, 5.74) is 2.08. The molecule has 3 aromatic carbocycles. The van der Waals surface area contributed by atoms with Crippen molar-refractivity contribution in [2.24, 2.45) is 0 Å². The van der Waals surface area contributed by atoms with E-state index in [1.165, 1.54) is 0 Å². The van der Waals surface area contributed by atoms with Crippen molar-refractivity contribution in [1.29, 1.82) is 0 Å². The molecular weight excluding hydrogens is 601 g/mol. The molecule has 0 unspecified atom stereocenters. The number of carbonyl (C=O) groups excluding carboxylic acids is 3. The third-order valence-electron chi connectivity index (χ3n) is 5.12. The lowest BCUT2D eigenvalue weighted by Crippen LogP contribution is -2.33. The number of thioether (sulfide) groups is 1. The molecule has 2 amide bonds. The Morgan fingerprint density at radius 1 is 1.09 bits per heavy atom. The van der Waals surface area contributed by atoms with E-state index in [4.69, 9.17) is 21.1 Å². The number of hydrogen-bond donors (Lipinski definition) is 0. The molecule has 1 fully saturated rings. The van der Waals surface area contributed by atoms with Crippen LogP contribution in [0.15, 0.2) is 71.6 Å². The second kappa shape index (κ2) is 11.3. The Morgan fingerprint density at radius 3 is 2.49 bits per heavy atom. The first kappa shape index (κ1) is 25.3. The molecular formula is C26H19ClINO5S. The van der Waals surface area contributed by atoms with Gasteiger partial charge < -0.3 is 9.47 Å². The molecule has 0 atom stereocenters. The first-order chi connectivity index (χ1) is 16.9. The van der Waals surface area contributed by atoms with Crippen LogP contribution >= 0.6 is 46.0 Å². The molecule has 178 valence electrons. The van der Waals surface area contributed by atoms with Gasteiger partial charge in [0.15, 0.2) is 17.3 Å². The van der Waals surface area contributed by atoms with Crippen LogP contribution in [-0.4, -0.2) is 35.5 Å². The van der Waals surface area contributed by atoms with Gasteiger partial charge in [-0.25, -0.2) is 0 Å². The zero-order valence-electron chi connectivity index (χ0n) is 18.5. The van der Waals surface area contributed by atoms with E-state index >= 15 is 0 Å². The number of ether oxygens (including phenoxy) is 2. The SMILES string of the molecule is COc1cc(/C=C2/SC(=O)N(CC(=O)c3ccc(Cl)cc3)C2=O)cc(I)c1OCc1ccccc1. The highest BCUT2D eigenvalue weighted by atomic mass is 127. The topological polar surface area (TPSA) is 72.9 Å². The largest absolute Gasteiger partial charge is 0.493 e. The third kappa shape index (κ3) is 6.06. The number of benzene rings is 3. The number of hydrogen-bond acceptors (Lipinski definition) is 6. The van der Waals surface area contributed by atoms with Crippen molar-refractivity contribution in [2.45, 2.75) is 6.61 Å². The number of rotatable bonds is 8. The van der Waals surface area contributed by atoms with Crippen molar-refractivity contribution >= 4 is 69.0 Å². The Labute approximate surface area is 225 Å². The van der Waals surface area contributed by atoms with E-state index in [2.05, 4.69) is 22.6 Å². The van der Waals surface area contributed by atoms with Crippen molar-refractivity contribution in [3.8, 4) is 11.5 Å². The zero-order chi connectivity index (χ0) is 24.9. The van der Waals surface area contributed by atoms with E-state index in [1.807, 2.05) is 36.4 Å². The maximum Gasteiger partial charge on any atom is 0.293 e. The van der Waals surface area contributed by atoms with Crippen LogP contribution in [0.2, 0.25) is 5.02 Å². The minimum atomic E-state index is -0.513. The molecule has 0 aliphatic carbocycles. The van der Waals surface area contributed by atoms with Gasteiger partial charge in [0, 0.05) is 10.6 Å². The molecule has 0 N–H and O–H groups in total. The number of methoxy groups -OCH3 is 1. The lowest BCUT2D eigenvalue weighted by atomic mass is 10.1. The van der Waals surface area contributed by atoms with Gasteiger partial charge in [0.25, 0.3) is 11.1 Å². The fourth-order valence-corrected chi connectivity index (χ4v) is 5.10. The fourth-order valence-electron chi connectivity index (χ4n) is 3.35. The maximum absolute atomic E-state index is 12.9. The average molecular weight is 620 g/mol. The summed E-state index contributed by atoms with van der Waals surface area (Å²) in [5, 5.41) is 0.00485. The van der Waals surface area contributed by atoms with Gasteiger partial charge in [-0.2, -0.15) is 0 Å². The minimum absolute atomic E-state index is 0.231. The number of halogens is 2. The van der Waals surface area contributed by atoms with Crippen LogP contribution < -0.4 is 9.47 Å². The van der Waals surface area contributed by atoms with E-state index in [0.29, 0.717) is 34.3 Å². The summed E-state index contributed by atoms with van der Waals surface area (Å²) < 4.78 is 12.3. The maximum atomic E-state index is 12.9. The van der Waals surface area contributed by atoms with Crippen LogP contribution in [0.4, 0.5) is 4.79 Å². The van der Waals surface area contributed by atoms with E-state index in [0.717, 1.165) is 25.8 Å².